The second-order valence-electron chi connectivity index (χ2n) is 6.20. The summed E-state index contributed by atoms with van der Waals surface area (Å²) in [6.45, 7) is 5.24. The quantitative estimate of drug-likeness (QED) is 0.210. The summed E-state index contributed by atoms with van der Waals surface area (Å²) in [4.78, 5) is 6.77. The third-order valence-electron chi connectivity index (χ3n) is 4.19. The number of para-hydroxylation sites is 1. The van der Waals surface area contributed by atoms with Crippen LogP contribution in [0.25, 0.3) is 0 Å². The molecule has 1 fully saturated rings. The van der Waals surface area contributed by atoms with Crippen LogP contribution in [0.1, 0.15) is 19.3 Å². The summed E-state index contributed by atoms with van der Waals surface area (Å²) in [6, 6.07) is 10.7. The Morgan fingerprint density at radius 3 is 2.50 bits per heavy atom. The van der Waals surface area contributed by atoms with Gasteiger partial charge in [-0.3, -0.25) is 9.89 Å². The van der Waals surface area contributed by atoms with Gasteiger partial charge >= 0.3 is 0 Å². The zero-order valence-corrected chi connectivity index (χ0v) is 18.3. The molecule has 6 nitrogen and oxygen atoms in total. The monoisotopic (exact) mass is 476 g/mol. The van der Waals surface area contributed by atoms with E-state index in [4.69, 9.17) is 9.47 Å². The normalized spacial score (nSPS) is 14.0. The molecule has 1 saturated carbocycles. The van der Waals surface area contributed by atoms with Crippen molar-refractivity contribution in [3.05, 3.63) is 30.3 Å². The third kappa shape index (κ3) is 9.59. The number of rotatable bonds is 12. The minimum absolute atomic E-state index is 0. The van der Waals surface area contributed by atoms with Gasteiger partial charge in [0.05, 0.1) is 13.2 Å². The van der Waals surface area contributed by atoms with Crippen molar-refractivity contribution in [3.8, 4) is 5.75 Å². The third-order valence-corrected chi connectivity index (χ3v) is 4.19. The van der Waals surface area contributed by atoms with Crippen LogP contribution in [0.3, 0.4) is 0 Å². The Morgan fingerprint density at radius 1 is 1.12 bits per heavy atom. The molecule has 0 aliphatic heterocycles. The fourth-order valence-corrected chi connectivity index (χ4v) is 2.65. The zero-order chi connectivity index (χ0) is 17.7. The van der Waals surface area contributed by atoms with Gasteiger partial charge in [-0.15, -0.1) is 24.0 Å². The Balaban J connectivity index is 0.00000338. The van der Waals surface area contributed by atoms with Crippen molar-refractivity contribution in [2.45, 2.75) is 25.3 Å². The molecule has 1 aliphatic rings. The molecule has 1 aromatic rings. The SMILES string of the molecule is CN=C(NCCCOc1ccccc1)NCCN(CCOC)C1CC1.I. The van der Waals surface area contributed by atoms with E-state index in [0.717, 1.165) is 57.0 Å². The molecule has 0 amide bonds. The summed E-state index contributed by atoms with van der Waals surface area (Å²) in [5.74, 6) is 1.77. The molecule has 1 aliphatic carbocycles. The first-order chi connectivity index (χ1) is 12.3. The zero-order valence-electron chi connectivity index (χ0n) is 15.9. The fraction of sp³-hybridized carbons (Fsp3) is 0.632. The minimum Gasteiger partial charge on any atom is -0.494 e. The highest BCUT2D eigenvalue weighted by atomic mass is 127. The fourth-order valence-electron chi connectivity index (χ4n) is 2.65. The lowest BCUT2D eigenvalue weighted by Crippen LogP contribution is -2.43. The maximum absolute atomic E-state index is 5.69. The Hall–Kier alpha value is -1.06. The highest BCUT2D eigenvalue weighted by Crippen LogP contribution is 2.25. The number of nitrogens with one attached hydrogen (secondary N) is 2. The van der Waals surface area contributed by atoms with E-state index in [1.165, 1.54) is 12.8 Å². The van der Waals surface area contributed by atoms with E-state index in [9.17, 15) is 0 Å². The summed E-state index contributed by atoms with van der Waals surface area (Å²) in [6.07, 6.45) is 3.56. The van der Waals surface area contributed by atoms with Gasteiger partial charge in [-0.05, 0) is 31.4 Å². The Bertz CT molecular complexity index is 498. The largest absolute Gasteiger partial charge is 0.494 e. The molecule has 0 unspecified atom stereocenters. The first-order valence-corrected chi connectivity index (χ1v) is 9.19. The predicted molar refractivity (Wildman–Crippen MR) is 118 cm³/mol. The number of nitrogens with zero attached hydrogens (tertiary/aromatic N) is 2. The minimum atomic E-state index is 0. The molecule has 1 aromatic carbocycles. The number of aliphatic imine (C=N–C) groups is 1. The van der Waals surface area contributed by atoms with E-state index in [1.807, 2.05) is 30.3 Å². The standard InChI is InChI=1S/C19H32N4O2.HI/c1-20-19(21-11-6-15-25-18-7-4-3-5-8-18)22-12-13-23(14-16-24-2)17-9-10-17;/h3-5,7-8,17H,6,9-16H2,1-2H3,(H2,20,21,22);1H. The van der Waals surface area contributed by atoms with Gasteiger partial charge < -0.3 is 20.1 Å². The molecule has 0 aromatic heterocycles. The van der Waals surface area contributed by atoms with Crippen LogP contribution in [0.15, 0.2) is 35.3 Å². The highest BCUT2D eigenvalue weighted by molar-refractivity contribution is 14.0. The smallest absolute Gasteiger partial charge is 0.191 e. The molecule has 26 heavy (non-hydrogen) atoms. The molecule has 0 heterocycles. The maximum atomic E-state index is 5.69. The van der Waals surface area contributed by atoms with Crippen LogP contribution < -0.4 is 15.4 Å². The predicted octanol–water partition coefficient (Wildman–Crippen LogP) is 2.35. The van der Waals surface area contributed by atoms with E-state index < -0.39 is 0 Å². The first kappa shape index (κ1) is 23.0. The highest BCUT2D eigenvalue weighted by Gasteiger charge is 2.28. The second-order valence-corrected chi connectivity index (χ2v) is 6.20. The van der Waals surface area contributed by atoms with E-state index in [1.54, 1.807) is 14.2 Å². The molecule has 148 valence electrons. The van der Waals surface area contributed by atoms with Crippen LogP contribution in [-0.4, -0.2) is 70.5 Å². The summed E-state index contributed by atoms with van der Waals surface area (Å²) in [5, 5.41) is 6.72. The topological polar surface area (TPSA) is 58.1 Å². The lowest BCUT2D eigenvalue weighted by molar-refractivity contribution is 0.144. The lowest BCUT2D eigenvalue weighted by Gasteiger charge is -2.22. The molecule has 2 rings (SSSR count). The van der Waals surface area contributed by atoms with Crippen molar-refractivity contribution in [1.82, 2.24) is 15.5 Å². The Labute approximate surface area is 174 Å². The van der Waals surface area contributed by atoms with Crippen molar-refractivity contribution in [1.29, 1.82) is 0 Å². The van der Waals surface area contributed by atoms with Gasteiger partial charge in [0.2, 0.25) is 0 Å². The second kappa shape index (κ2) is 14.1. The summed E-state index contributed by atoms with van der Waals surface area (Å²) in [5.41, 5.74) is 0. The molecular weight excluding hydrogens is 443 g/mol. The van der Waals surface area contributed by atoms with Crippen LogP contribution in [0.2, 0.25) is 0 Å². The average molecular weight is 476 g/mol. The Kier molecular flexibility index (Phi) is 12.4. The number of methoxy groups -OCH3 is 1. The summed E-state index contributed by atoms with van der Waals surface area (Å²) < 4.78 is 10.9. The summed E-state index contributed by atoms with van der Waals surface area (Å²) >= 11 is 0. The van der Waals surface area contributed by atoms with Gasteiger partial charge in [0.25, 0.3) is 0 Å². The summed E-state index contributed by atoms with van der Waals surface area (Å²) in [7, 11) is 3.57. The van der Waals surface area contributed by atoms with Gasteiger partial charge in [0.1, 0.15) is 5.75 Å². The molecular formula is C19H33IN4O2. The van der Waals surface area contributed by atoms with Gasteiger partial charge in [0.15, 0.2) is 5.96 Å². The van der Waals surface area contributed by atoms with Crippen LogP contribution in [0, 0.1) is 0 Å². The average Bonchev–Trinajstić information content (AvgIpc) is 3.48. The molecule has 0 saturated heterocycles. The lowest BCUT2D eigenvalue weighted by atomic mass is 10.3. The first-order valence-electron chi connectivity index (χ1n) is 9.19. The molecule has 0 bridgehead atoms. The molecule has 0 spiro atoms. The van der Waals surface area contributed by atoms with Gasteiger partial charge in [0, 0.05) is 46.4 Å². The van der Waals surface area contributed by atoms with Gasteiger partial charge in [-0.1, -0.05) is 18.2 Å². The van der Waals surface area contributed by atoms with Crippen LogP contribution >= 0.6 is 24.0 Å². The van der Waals surface area contributed by atoms with E-state index in [-0.39, 0.29) is 24.0 Å². The number of hydrogen-bond donors (Lipinski definition) is 2. The van der Waals surface area contributed by atoms with Crippen molar-refractivity contribution in [2.75, 3.05) is 53.6 Å². The van der Waals surface area contributed by atoms with E-state index >= 15 is 0 Å². The van der Waals surface area contributed by atoms with Gasteiger partial charge in [-0.2, -0.15) is 0 Å². The number of halogens is 1. The number of guanidine groups is 1. The van der Waals surface area contributed by atoms with Crippen molar-refractivity contribution < 1.29 is 9.47 Å². The number of ether oxygens (including phenoxy) is 2. The molecule has 7 heteroatoms. The van der Waals surface area contributed by atoms with Crippen LogP contribution in [0.5, 0.6) is 5.75 Å². The van der Waals surface area contributed by atoms with Crippen LogP contribution in [0.4, 0.5) is 0 Å². The van der Waals surface area contributed by atoms with Crippen molar-refractivity contribution in [2.24, 2.45) is 4.99 Å². The molecule has 2 N–H and O–H groups in total. The van der Waals surface area contributed by atoms with E-state index in [0.29, 0.717) is 6.61 Å². The maximum Gasteiger partial charge on any atom is 0.191 e. The molecule has 0 radical (unpaired) electrons. The van der Waals surface area contributed by atoms with Crippen molar-refractivity contribution >= 4 is 29.9 Å². The Morgan fingerprint density at radius 2 is 1.85 bits per heavy atom. The van der Waals surface area contributed by atoms with E-state index in [2.05, 4.69) is 20.5 Å². The number of hydrogen-bond acceptors (Lipinski definition) is 4. The molecule has 0 atom stereocenters. The van der Waals surface area contributed by atoms with Gasteiger partial charge in [-0.25, -0.2) is 0 Å². The van der Waals surface area contributed by atoms with Crippen molar-refractivity contribution in [3.63, 3.8) is 0 Å². The van der Waals surface area contributed by atoms with Crippen LogP contribution in [-0.2, 0) is 4.74 Å². The number of benzene rings is 1.